The van der Waals surface area contributed by atoms with E-state index in [4.69, 9.17) is 0 Å². The second-order valence-electron chi connectivity index (χ2n) is 4.81. The first-order chi connectivity index (χ1) is 11.0. The highest BCUT2D eigenvalue weighted by atomic mass is 79.9. The smallest absolute Gasteiger partial charge is 0.328 e. The predicted molar refractivity (Wildman–Crippen MR) is 85.3 cm³/mol. The molecule has 0 spiro atoms. The van der Waals surface area contributed by atoms with Crippen molar-refractivity contribution >= 4 is 33.1 Å². The number of hydrogen-bond acceptors (Lipinski definition) is 6. The molecule has 0 aliphatic heterocycles. The van der Waals surface area contributed by atoms with Gasteiger partial charge >= 0.3 is 5.97 Å². The van der Waals surface area contributed by atoms with E-state index in [2.05, 4.69) is 36.0 Å². The molecule has 0 amide bonds. The summed E-state index contributed by atoms with van der Waals surface area (Å²) >= 11 is 3.36. The fraction of sp³-hybridized carbons (Fsp3) is 0.214. The predicted octanol–water partition coefficient (Wildman–Crippen LogP) is 1.47. The fourth-order valence-corrected chi connectivity index (χ4v) is 2.40. The number of carbonyl (C=O) groups is 1. The van der Waals surface area contributed by atoms with Gasteiger partial charge in [-0.2, -0.15) is 4.68 Å². The van der Waals surface area contributed by atoms with Crippen molar-refractivity contribution in [2.75, 3.05) is 7.11 Å². The summed E-state index contributed by atoms with van der Waals surface area (Å²) in [6, 6.07) is 6.56. The van der Waals surface area contributed by atoms with Gasteiger partial charge in [0.05, 0.1) is 12.8 Å². The summed E-state index contributed by atoms with van der Waals surface area (Å²) in [6.45, 7) is 1.56. The van der Waals surface area contributed by atoms with Crippen LogP contribution < -0.4 is 5.56 Å². The molecule has 0 bridgehead atoms. The minimum atomic E-state index is -0.790. The molecular formula is C14H12BrN5O3. The van der Waals surface area contributed by atoms with E-state index < -0.39 is 17.6 Å². The van der Waals surface area contributed by atoms with Crippen LogP contribution in [0.3, 0.4) is 0 Å². The van der Waals surface area contributed by atoms with Crippen LogP contribution in [0.5, 0.6) is 0 Å². The molecule has 0 saturated carbocycles. The molecule has 0 aliphatic carbocycles. The molecule has 1 aromatic carbocycles. The van der Waals surface area contributed by atoms with Crippen molar-refractivity contribution in [3.63, 3.8) is 0 Å². The molecule has 9 heteroatoms. The van der Waals surface area contributed by atoms with Crippen molar-refractivity contribution in [3.05, 3.63) is 45.4 Å². The van der Waals surface area contributed by atoms with Crippen molar-refractivity contribution in [1.29, 1.82) is 0 Å². The molecule has 23 heavy (non-hydrogen) atoms. The molecule has 118 valence electrons. The lowest BCUT2D eigenvalue weighted by Crippen LogP contribution is -2.29. The lowest BCUT2D eigenvalue weighted by molar-refractivity contribution is -0.144. The molecule has 8 nitrogen and oxygen atoms in total. The molecule has 2 heterocycles. The Morgan fingerprint density at radius 1 is 1.30 bits per heavy atom. The standard InChI is InChI=1S/C14H12BrN5O3/c1-8(14(22)23-2)19-7-16-12-11(13(19)21)17-18-20(12)10-5-3-9(15)4-6-10/h3-8H,1-2H3/t8-/m0/s1. The van der Waals surface area contributed by atoms with Gasteiger partial charge in [0, 0.05) is 4.47 Å². The molecule has 0 fully saturated rings. The third-order valence-corrected chi connectivity index (χ3v) is 3.95. The number of nitrogens with zero attached hydrogens (tertiary/aromatic N) is 5. The maximum Gasteiger partial charge on any atom is 0.328 e. The third-order valence-electron chi connectivity index (χ3n) is 3.42. The summed E-state index contributed by atoms with van der Waals surface area (Å²) in [5.74, 6) is -0.534. The van der Waals surface area contributed by atoms with Gasteiger partial charge in [-0.05, 0) is 31.2 Å². The summed E-state index contributed by atoms with van der Waals surface area (Å²) in [4.78, 5) is 28.3. The average Bonchev–Trinajstić information content (AvgIpc) is 2.99. The molecule has 0 aliphatic rings. The molecular weight excluding hydrogens is 366 g/mol. The first-order valence-electron chi connectivity index (χ1n) is 6.69. The van der Waals surface area contributed by atoms with Crippen LogP contribution in [-0.2, 0) is 9.53 Å². The number of halogens is 1. The van der Waals surface area contributed by atoms with E-state index in [0.29, 0.717) is 5.65 Å². The van der Waals surface area contributed by atoms with Gasteiger partial charge in [-0.15, -0.1) is 5.10 Å². The van der Waals surface area contributed by atoms with E-state index in [1.807, 2.05) is 24.3 Å². The molecule has 0 radical (unpaired) electrons. The van der Waals surface area contributed by atoms with E-state index in [9.17, 15) is 9.59 Å². The van der Waals surface area contributed by atoms with Crippen LogP contribution in [0.1, 0.15) is 13.0 Å². The van der Waals surface area contributed by atoms with Gasteiger partial charge in [-0.25, -0.2) is 9.78 Å². The Bertz CT molecular complexity index is 932. The van der Waals surface area contributed by atoms with Crippen LogP contribution in [0.25, 0.3) is 16.9 Å². The average molecular weight is 378 g/mol. The molecule has 3 aromatic rings. The van der Waals surface area contributed by atoms with Gasteiger partial charge in [0.25, 0.3) is 5.56 Å². The quantitative estimate of drug-likeness (QED) is 0.641. The number of esters is 1. The van der Waals surface area contributed by atoms with E-state index in [1.54, 1.807) is 6.92 Å². The zero-order valence-corrected chi connectivity index (χ0v) is 13.9. The number of benzene rings is 1. The van der Waals surface area contributed by atoms with Gasteiger partial charge in [0.2, 0.25) is 0 Å². The number of hydrogen-bond donors (Lipinski definition) is 0. The molecule has 3 rings (SSSR count). The van der Waals surface area contributed by atoms with Crippen molar-refractivity contribution in [2.24, 2.45) is 0 Å². The summed E-state index contributed by atoms with van der Waals surface area (Å²) in [7, 11) is 1.26. The number of rotatable bonds is 3. The number of aromatic nitrogens is 5. The Kier molecular flexibility index (Phi) is 3.95. The summed E-state index contributed by atoms with van der Waals surface area (Å²) in [5, 5.41) is 7.88. The minimum Gasteiger partial charge on any atom is -0.467 e. The first kappa shape index (κ1) is 15.3. The largest absolute Gasteiger partial charge is 0.467 e. The highest BCUT2D eigenvalue weighted by Gasteiger charge is 2.20. The van der Waals surface area contributed by atoms with Gasteiger partial charge in [0.15, 0.2) is 11.2 Å². The SMILES string of the molecule is COC(=O)[C@H](C)n1cnc2c(nnn2-c2ccc(Br)cc2)c1=O. The highest BCUT2D eigenvalue weighted by molar-refractivity contribution is 9.10. The normalized spacial score (nSPS) is 12.3. The highest BCUT2D eigenvalue weighted by Crippen LogP contribution is 2.16. The van der Waals surface area contributed by atoms with Crippen LogP contribution in [0.4, 0.5) is 0 Å². The lowest BCUT2D eigenvalue weighted by atomic mass is 10.3. The van der Waals surface area contributed by atoms with Gasteiger partial charge in [-0.3, -0.25) is 9.36 Å². The van der Waals surface area contributed by atoms with Crippen molar-refractivity contribution in [2.45, 2.75) is 13.0 Å². The second kappa shape index (κ2) is 5.92. The topological polar surface area (TPSA) is 91.9 Å². The first-order valence-corrected chi connectivity index (χ1v) is 7.48. The van der Waals surface area contributed by atoms with Crippen LogP contribution in [0.15, 0.2) is 39.9 Å². The molecule has 0 N–H and O–H groups in total. The van der Waals surface area contributed by atoms with E-state index in [0.717, 1.165) is 10.2 Å². The maximum atomic E-state index is 12.5. The monoisotopic (exact) mass is 377 g/mol. The second-order valence-corrected chi connectivity index (χ2v) is 5.72. The third kappa shape index (κ3) is 2.63. The molecule has 0 saturated heterocycles. The van der Waals surface area contributed by atoms with Crippen molar-refractivity contribution < 1.29 is 9.53 Å². The number of ether oxygens (including phenoxy) is 1. The van der Waals surface area contributed by atoms with E-state index in [-0.39, 0.29) is 5.52 Å². The summed E-state index contributed by atoms with van der Waals surface area (Å²) in [6.07, 6.45) is 1.30. The van der Waals surface area contributed by atoms with Crippen LogP contribution in [0, 0.1) is 0 Å². The summed E-state index contributed by atoms with van der Waals surface area (Å²) in [5.41, 5.74) is 0.689. The van der Waals surface area contributed by atoms with Crippen molar-refractivity contribution in [3.8, 4) is 5.69 Å². The van der Waals surface area contributed by atoms with E-state index in [1.165, 1.54) is 22.7 Å². The Labute approximate surface area is 138 Å². The zero-order chi connectivity index (χ0) is 16.6. The minimum absolute atomic E-state index is 0.0890. The number of carbonyl (C=O) groups excluding carboxylic acids is 1. The van der Waals surface area contributed by atoms with Gasteiger partial charge < -0.3 is 4.74 Å². The maximum absolute atomic E-state index is 12.5. The Hall–Kier alpha value is -2.55. The molecule has 1 atom stereocenters. The summed E-state index contributed by atoms with van der Waals surface area (Å²) < 4.78 is 8.21. The van der Waals surface area contributed by atoms with Gasteiger partial charge in [-0.1, -0.05) is 21.1 Å². The lowest BCUT2D eigenvalue weighted by Gasteiger charge is -2.11. The Morgan fingerprint density at radius 3 is 2.65 bits per heavy atom. The van der Waals surface area contributed by atoms with Crippen LogP contribution in [0.2, 0.25) is 0 Å². The van der Waals surface area contributed by atoms with Crippen LogP contribution in [-0.4, -0.2) is 37.6 Å². The van der Waals surface area contributed by atoms with Crippen LogP contribution >= 0.6 is 15.9 Å². The molecule has 2 aromatic heterocycles. The number of methoxy groups -OCH3 is 1. The van der Waals surface area contributed by atoms with E-state index >= 15 is 0 Å². The number of fused-ring (bicyclic) bond motifs is 1. The Morgan fingerprint density at radius 2 is 2.00 bits per heavy atom. The fourth-order valence-electron chi connectivity index (χ4n) is 2.14. The van der Waals surface area contributed by atoms with Gasteiger partial charge in [0.1, 0.15) is 12.4 Å². The zero-order valence-electron chi connectivity index (χ0n) is 12.3. The molecule has 0 unspecified atom stereocenters. The van der Waals surface area contributed by atoms with Crippen molar-refractivity contribution in [1.82, 2.24) is 24.5 Å². The Balaban J connectivity index is 2.13.